The van der Waals surface area contributed by atoms with E-state index in [1.54, 1.807) is 0 Å². The van der Waals surface area contributed by atoms with E-state index in [1.807, 2.05) is 0 Å². The molecule has 1 unspecified atom stereocenters. The summed E-state index contributed by atoms with van der Waals surface area (Å²) in [5, 5.41) is 0. The summed E-state index contributed by atoms with van der Waals surface area (Å²) in [4.78, 5) is 12.1. The molecular weight excluding hydrogens is 296 g/mol. The third-order valence-electron chi connectivity index (χ3n) is 4.55. The molecule has 0 radical (unpaired) electrons. The van der Waals surface area contributed by atoms with Crippen LogP contribution in [0.15, 0.2) is 0 Å². The number of hydrogen-bond acceptors (Lipinski definition) is 2. The fourth-order valence-corrected chi connectivity index (χ4v) is 3.01. The second-order valence-corrected chi connectivity index (χ2v) is 8.70. The van der Waals surface area contributed by atoms with Gasteiger partial charge in [-0.2, -0.15) is 0 Å². The van der Waals surface area contributed by atoms with Crippen molar-refractivity contribution in [2.24, 2.45) is 11.3 Å². The maximum Gasteiger partial charge on any atom is 0.306 e. The summed E-state index contributed by atoms with van der Waals surface area (Å²) < 4.78 is 5.48. The van der Waals surface area contributed by atoms with Gasteiger partial charge >= 0.3 is 5.97 Å². The molecule has 0 fully saturated rings. The van der Waals surface area contributed by atoms with E-state index >= 15 is 0 Å². The smallest absolute Gasteiger partial charge is 0.306 e. The second kappa shape index (κ2) is 14.8. The van der Waals surface area contributed by atoms with Crippen molar-refractivity contribution >= 4 is 5.97 Å². The van der Waals surface area contributed by atoms with Crippen molar-refractivity contribution in [1.29, 1.82) is 0 Å². The van der Waals surface area contributed by atoms with E-state index in [4.69, 9.17) is 4.74 Å². The summed E-state index contributed by atoms with van der Waals surface area (Å²) in [6.07, 6.45) is 16.2. The van der Waals surface area contributed by atoms with Gasteiger partial charge in [-0.25, -0.2) is 0 Å². The zero-order chi connectivity index (χ0) is 18.3. The van der Waals surface area contributed by atoms with Crippen molar-refractivity contribution in [3.63, 3.8) is 0 Å². The number of carbonyl (C=O) groups is 1. The van der Waals surface area contributed by atoms with Gasteiger partial charge in [0.1, 0.15) is 0 Å². The van der Waals surface area contributed by atoms with Gasteiger partial charge in [0.25, 0.3) is 0 Å². The van der Waals surface area contributed by atoms with Gasteiger partial charge in [-0.15, -0.1) is 0 Å². The standard InChI is InChI=1S/C22H44O2/c1-6-8-10-12-13-15-17-20(16-14-11-9-7-2)18-21(23)24-19-22(3,4)5/h20H,6-19H2,1-5H3. The molecular formula is C22H44O2. The molecule has 0 saturated heterocycles. The molecule has 0 aromatic heterocycles. The van der Waals surface area contributed by atoms with Crippen LogP contribution >= 0.6 is 0 Å². The zero-order valence-electron chi connectivity index (χ0n) is 17.3. The lowest BCUT2D eigenvalue weighted by molar-refractivity contribution is -0.147. The van der Waals surface area contributed by atoms with Crippen molar-refractivity contribution in [1.82, 2.24) is 0 Å². The van der Waals surface area contributed by atoms with E-state index in [-0.39, 0.29) is 11.4 Å². The summed E-state index contributed by atoms with van der Waals surface area (Å²) in [7, 11) is 0. The molecule has 0 aromatic carbocycles. The fraction of sp³-hybridized carbons (Fsp3) is 0.955. The molecule has 0 aliphatic rings. The Hall–Kier alpha value is -0.530. The molecule has 0 N–H and O–H groups in total. The monoisotopic (exact) mass is 340 g/mol. The van der Waals surface area contributed by atoms with Crippen molar-refractivity contribution in [2.75, 3.05) is 6.61 Å². The fourth-order valence-electron chi connectivity index (χ4n) is 3.01. The molecule has 144 valence electrons. The van der Waals surface area contributed by atoms with E-state index in [0.717, 1.165) is 0 Å². The predicted octanol–water partition coefficient (Wildman–Crippen LogP) is 7.30. The van der Waals surface area contributed by atoms with Gasteiger partial charge in [-0.05, 0) is 24.2 Å². The highest BCUT2D eigenvalue weighted by Crippen LogP contribution is 2.23. The first-order chi connectivity index (χ1) is 11.4. The zero-order valence-corrected chi connectivity index (χ0v) is 17.3. The summed E-state index contributed by atoms with van der Waals surface area (Å²) >= 11 is 0. The molecule has 2 heteroatoms. The Morgan fingerprint density at radius 3 is 1.75 bits per heavy atom. The molecule has 1 atom stereocenters. The maximum absolute atomic E-state index is 12.1. The van der Waals surface area contributed by atoms with Crippen molar-refractivity contribution in [3.8, 4) is 0 Å². The number of carbonyl (C=O) groups excluding carboxylic acids is 1. The van der Waals surface area contributed by atoms with Crippen LogP contribution < -0.4 is 0 Å². The lowest BCUT2D eigenvalue weighted by Gasteiger charge is -2.20. The minimum Gasteiger partial charge on any atom is -0.465 e. The van der Waals surface area contributed by atoms with Gasteiger partial charge in [0.2, 0.25) is 0 Å². The van der Waals surface area contributed by atoms with E-state index in [0.29, 0.717) is 18.9 Å². The lowest BCUT2D eigenvalue weighted by Crippen LogP contribution is -2.20. The highest BCUT2D eigenvalue weighted by molar-refractivity contribution is 5.69. The predicted molar refractivity (Wildman–Crippen MR) is 105 cm³/mol. The Morgan fingerprint density at radius 2 is 1.25 bits per heavy atom. The lowest BCUT2D eigenvalue weighted by atomic mass is 9.91. The normalized spacial score (nSPS) is 13.0. The van der Waals surface area contributed by atoms with E-state index in [9.17, 15) is 4.79 Å². The largest absolute Gasteiger partial charge is 0.465 e. The van der Waals surface area contributed by atoms with E-state index in [2.05, 4.69) is 34.6 Å². The quantitative estimate of drug-likeness (QED) is 0.231. The Morgan fingerprint density at radius 1 is 0.792 bits per heavy atom. The highest BCUT2D eigenvalue weighted by Gasteiger charge is 2.18. The van der Waals surface area contributed by atoms with Crippen LogP contribution in [0.1, 0.15) is 118 Å². The molecule has 0 spiro atoms. The number of hydrogen-bond donors (Lipinski definition) is 0. The third kappa shape index (κ3) is 16.3. The van der Waals surface area contributed by atoms with Gasteiger partial charge in [0.05, 0.1) is 6.61 Å². The molecule has 0 bridgehead atoms. The SMILES string of the molecule is CCCCCCCCC(CCCCCC)CC(=O)OCC(C)(C)C. The molecule has 0 rings (SSSR count). The number of unbranched alkanes of at least 4 members (excludes halogenated alkanes) is 8. The molecule has 24 heavy (non-hydrogen) atoms. The van der Waals surface area contributed by atoms with Crippen molar-refractivity contribution in [3.05, 3.63) is 0 Å². The summed E-state index contributed by atoms with van der Waals surface area (Å²) in [5.41, 5.74) is 0.0611. The minimum absolute atomic E-state index is 0.0106. The van der Waals surface area contributed by atoms with Crippen LogP contribution in [0.3, 0.4) is 0 Å². The summed E-state index contributed by atoms with van der Waals surface area (Å²) in [6.45, 7) is 11.4. The van der Waals surface area contributed by atoms with Crippen LogP contribution in [0.2, 0.25) is 0 Å². The van der Waals surface area contributed by atoms with Crippen molar-refractivity contribution in [2.45, 2.75) is 118 Å². The highest BCUT2D eigenvalue weighted by atomic mass is 16.5. The van der Waals surface area contributed by atoms with Gasteiger partial charge in [0, 0.05) is 6.42 Å². The van der Waals surface area contributed by atoms with Gasteiger partial charge in [-0.3, -0.25) is 4.79 Å². The van der Waals surface area contributed by atoms with Crippen LogP contribution in [0.5, 0.6) is 0 Å². The Labute approximate surface area is 152 Å². The van der Waals surface area contributed by atoms with Crippen LogP contribution in [0, 0.1) is 11.3 Å². The average Bonchev–Trinajstić information content (AvgIpc) is 2.52. The van der Waals surface area contributed by atoms with Crippen molar-refractivity contribution < 1.29 is 9.53 Å². The van der Waals surface area contributed by atoms with Crippen LogP contribution in [-0.4, -0.2) is 12.6 Å². The Bertz CT molecular complexity index is 291. The number of esters is 1. The molecule has 0 aliphatic heterocycles. The van der Waals surface area contributed by atoms with Crippen LogP contribution in [0.25, 0.3) is 0 Å². The first kappa shape index (κ1) is 23.5. The summed E-state index contributed by atoms with van der Waals surface area (Å²) in [5.74, 6) is 0.539. The molecule has 0 amide bonds. The van der Waals surface area contributed by atoms with Crippen LogP contribution in [-0.2, 0) is 9.53 Å². The Kier molecular flexibility index (Phi) is 14.5. The van der Waals surface area contributed by atoms with Gasteiger partial charge < -0.3 is 4.74 Å². The third-order valence-corrected chi connectivity index (χ3v) is 4.55. The number of rotatable bonds is 15. The van der Waals surface area contributed by atoms with Gasteiger partial charge in [-0.1, -0.05) is 98.8 Å². The topological polar surface area (TPSA) is 26.3 Å². The number of ether oxygens (including phenoxy) is 1. The molecule has 0 saturated carbocycles. The van der Waals surface area contributed by atoms with Gasteiger partial charge in [0.15, 0.2) is 0 Å². The molecule has 0 heterocycles. The van der Waals surface area contributed by atoms with E-state index in [1.165, 1.54) is 77.0 Å². The first-order valence-electron chi connectivity index (χ1n) is 10.5. The summed E-state index contributed by atoms with van der Waals surface area (Å²) in [6, 6.07) is 0. The minimum atomic E-state index is 0.0106. The van der Waals surface area contributed by atoms with E-state index < -0.39 is 0 Å². The average molecular weight is 341 g/mol. The molecule has 0 aliphatic carbocycles. The molecule has 0 aromatic rings. The maximum atomic E-state index is 12.1. The Balaban J connectivity index is 4.08. The second-order valence-electron chi connectivity index (χ2n) is 8.70. The van der Waals surface area contributed by atoms with Crippen LogP contribution in [0.4, 0.5) is 0 Å². The first-order valence-corrected chi connectivity index (χ1v) is 10.5. The molecule has 2 nitrogen and oxygen atoms in total.